The summed E-state index contributed by atoms with van der Waals surface area (Å²) < 4.78 is 0. The van der Waals surface area contributed by atoms with Gasteiger partial charge in [0.2, 0.25) is 5.91 Å². The number of hydrogen-bond donors (Lipinski definition) is 2. The maximum absolute atomic E-state index is 11.3. The summed E-state index contributed by atoms with van der Waals surface area (Å²) >= 11 is 0. The van der Waals surface area contributed by atoms with Gasteiger partial charge in [-0.3, -0.25) is 4.79 Å². The van der Waals surface area contributed by atoms with Crippen molar-refractivity contribution in [2.75, 3.05) is 27.2 Å². The summed E-state index contributed by atoms with van der Waals surface area (Å²) in [6.07, 6.45) is 2.90. The van der Waals surface area contributed by atoms with Crippen molar-refractivity contribution < 1.29 is 9.90 Å². The minimum absolute atomic E-state index is 0.156. The van der Waals surface area contributed by atoms with Crippen LogP contribution in [0.15, 0.2) is 0 Å². The molecule has 2 N–H and O–H groups in total. The molecule has 0 radical (unpaired) electrons. The second kappa shape index (κ2) is 7.63. The minimum Gasteiger partial charge on any atom is -0.389 e. The van der Waals surface area contributed by atoms with Crippen molar-refractivity contribution >= 4 is 5.91 Å². The molecule has 0 aliphatic rings. The Hall–Kier alpha value is -0.610. The Balaban J connectivity index is 3.57. The van der Waals surface area contributed by atoms with Gasteiger partial charge in [-0.1, -0.05) is 13.8 Å². The predicted octanol–water partition coefficient (Wildman–Crippen LogP) is 0.995. The van der Waals surface area contributed by atoms with Crippen LogP contribution in [0.2, 0.25) is 0 Å². The highest BCUT2D eigenvalue weighted by Crippen LogP contribution is 2.12. The van der Waals surface area contributed by atoms with Gasteiger partial charge < -0.3 is 15.3 Å². The van der Waals surface area contributed by atoms with E-state index in [2.05, 4.69) is 5.32 Å². The van der Waals surface area contributed by atoms with Gasteiger partial charge in [0.1, 0.15) is 0 Å². The maximum atomic E-state index is 11.3. The van der Waals surface area contributed by atoms with Crippen LogP contribution in [-0.4, -0.2) is 48.7 Å². The monoisotopic (exact) mass is 230 g/mol. The molecule has 0 rings (SSSR count). The summed E-state index contributed by atoms with van der Waals surface area (Å²) in [4.78, 5) is 12.9. The zero-order valence-corrected chi connectivity index (χ0v) is 11.0. The molecule has 0 aromatic rings. The second-order valence-corrected chi connectivity index (χ2v) is 4.50. The number of aliphatic hydroxyl groups is 1. The van der Waals surface area contributed by atoms with Crippen LogP contribution in [-0.2, 0) is 4.79 Å². The number of carbonyl (C=O) groups excluding carboxylic acids is 1. The third-order valence-corrected chi connectivity index (χ3v) is 3.01. The minimum atomic E-state index is -0.592. The van der Waals surface area contributed by atoms with E-state index >= 15 is 0 Å². The van der Waals surface area contributed by atoms with Gasteiger partial charge >= 0.3 is 0 Å². The average molecular weight is 230 g/mol. The summed E-state index contributed by atoms with van der Waals surface area (Å²) in [6.45, 7) is 5.36. The number of nitrogens with zero attached hydrogens (tertiary/aromatic N) is 1. The molecule has 96 valence electrons. The summed E-state index contributed by atoms with van der Waals surface area (Å²) in [5.74, 6) is 0.156. The summed E-state index contributed by atoms with van der Waals surface area (Å²) in [5.41, 5.74) is -0.592. The smallest absolute Gasteiger partial charge is 0.222 e. The number of amides is 1. The first-order chi connectivity index (χ1) is 7.45. The van der Waals surface area contributed by atoms with E-state index in [1.807, 2.05) is 13.8 Å². The van der Waals surface area contributed by atoms with Crippen LogP contribution < -0.4 is 5.32 Å². The van der Waals surface area contributed by atoms with E-state index in [1.165, 1.54) is 0 Å². The van der Waals surface area contributed by atoms with E-state index in [4.69, 9.17) is 0 Å². The Kier molecular flexibility index (Phi) is 7.34. The van der Waals surface area contributed by atoms with Crippen LogP contribution in [0.1, 0.15) is 39.5 Å². The number of hydrogen-bond acceptors (Lipinski definition) is 3. The van der Waals surface area contributed by atoms with Gasteiger partial charge in [0.05, 0.1) is 5.60 Å². The lowest BCUT2D eigenvalue weighted by molar-refractivity contribution is -0.128. The number of carbonyl (C=O) groups is 1. The highest BCUT2D eigenvalue weighted by molar-refractivity contribution is 5.75. The van der Waals surface area contributed by atoms with E-state index in [9.17, 15) is 9.90 Å². The van der Waals surface area contributed by atoms with Crippen LogP contribution in [0.4, 0.5) is 0 Å². The fourth-order valence-corrected chi connectivity index (χ4v) is 1.41. The van der Waals surface area contributed by atoms with Gasteiger partial charge in [0, 0.05) is 27.1 Å². The van der Waals surface area contributed by atoms with Gasteiger partial charge in [-0.2, -0.15) is 0 Å². The third kappa shape index (κ3) is 6.08. The van der Waals surface area contributed by atoms with Crippen LogP contribution in [0.3, 0.4) is 0 Å². The first-order valence-corrected chi connectivity index (χ1v) is 6.08. The van der Waals surface area contributed by atoms with Gasteiger partial charge in [0.15, 0.2) is 0 Å². The van der Waals surface area contributed by atoms with Crippen molar-refractivity contribution in [3.8, 4) is 0 Å². The molecule has 0 aromatic carbocycles. The second-order valence-electron chi connectivity index (χ2n) is 4.50. The fraction of sp³-hybridized carbons (Fsp3) is 0.917. The van der Waals surface area contributed by atoms with Crippen molar-refractivity contribution in [3.63, 3.8) is 0 Å². The molecule has 0 fully saturated rings. The van der Waals surface area contributed by atoms with E-state index in [0.29, 0.717) is 13.0 Å². The molecule has 0 unspecified atom stereocenters. The SMILES string of the molecule is CCC(O)(CC)CNCCCC(=O)N(C)C. The van der Waals surface area contributed by atoms with E-state index in [0.717, 1.165) is 25.8 Å². The van der Waals surface area contributed by atoms with Gasteiger partial charge in [-0.15, -0.1) is 0 Å². The van der Waals surface area contributed by atoms with Gasteiger partial charge in [-0.05, 0) is 25.8 Å². The van der Waals surface area contributed by atoms with E-state index < -0.39 is 5.60 Å². The number of nitrogens with one attached hydrogen (secondary N) is 1. The molecule has 4 nitrogen and oxygen atoms in total. The molecule has 4 heteroatoms. The molecule has 16 heavy (non-hydrogen) atoms. The van der Waals surface area contributed by atoms with Crippen LogP contribution in [0.25, 0.3) is 0 Å². The first-order valence-electron chi connectivity index (χ1n) is 6.08. The maximum Gasteiger partial charge on any atom is 0.222 e. The Bertz CT molecular complexity index is 201. The summed E-state index contributed by atoms with van der Waals surface area (Å²) in [6, 6.07) is 0. The fourth-order valence-electron chi connectivity index (χ4n) is 1.41. The standard InChI is InChI=1S/C12H26N2O2/c1-5-12(16,6-2)10-13-9-7-8-11(15)14(3)4/h13,16H,5-10H2,1-4H3. The molecule has 0 aromatic heterocycles. The number of rotatable bonds is 8. The van der Waals surface area contributed by atoms with Crippen LogP contribution >= 0.6 is 0 Å². The largest absolute Gasteiger partial charge is 0.389 e. The highest BCUT2D eigenvalue weighted by atomic mass is 16.3. The Morgan fingerprint density at radius 1 is 1.31 bits per heavy atom. The predicted molar refractivity (Wildman–Crippen MR) is 66.3 cm³/mol. The highest BCUT2D eigenvalue weighted by Gasteiger charge is 2.20. The molecule has 0 saturated heterocycles. The zero-order chi connectivity index (χ0) is 12.6. The van der Waals surface area contributed by atoms with Crippen LogP contribution in [0.5, 0.6) is 0 Å². The Morgan fingerprint density at radius 2 is 1.88 bits per heavy atom. The topological polar surface area (TPSA) is 52.6 Å². The zero-order valence-electron chi connectivity index (χ0n) is 11.0. The lowest BCUT2D eigenvalue weighted by Gasteiger charge is -2.25. The van der Waals surface area contributed by atoms with Crippen molar-refractivity contribution in [1.29, 1.82) is 0 Å². The molecular weight excluding hydrogens is 204 g/mol. The summed E-state index contributed by atoms with van der Waals surface area (Å²) in [7, 11) is 3.53. The van der Waals surface area contributed by atoms with E-state index in [-0.39, 0.29) is 5.91 Å². The quantitative estimate of drug-likeness (QED) is 0.612. The molecule has 0 saturated carbocycles. The van der Waals surface area contributed by atoms with Crippen molar-refractivity contribution in [3.05, 3.63) is 0 Å². The lowest BCUT2D eigenvalue weighted by Crippen LogP contribution is -2.40. The van der Waals surface area contributed by atoms with E-state index in [1.54, 1.807) is 19.0 Å². The van der Waals surface area contributed by atoms with Crippen molar-refractivity contribution in [1.82, 2.24) is 10.2 Å². The van der Waals surface area contributed by atoms with Crippen molar-refractivity contribution in [2.24, 2.45) is 0 Å². The molecular formula is C12H26N2O2. The molecule has 0 heterocycles. The molecule has 0 aliphatic heterocycles. The molecule has 0 aliphatic carbocycles. The lowest BCUT2D eigenvalue weighted by atomic mass is 9.97. The molecule has 0 spiro atoms. The molecule has 1 amide bonds. The Morgan fingerprint density at radius 3 is 2.31 bits per heavy atom. The average Bonchev–Trinajstić information content (AvgIpc) is 2.27. The summed E-state index contributed by atoms with van der Waals surface area (Å²) in [5, 5.41) is 13.2. The van der Waals surface area contributed by atoms with Crippen LogP contribution in [0, 0.1) is 0 Å². The molecule has 0 atom stereocenters. The third-order valence-electron chi connectivity index (χ3n) is 3.01. The van der Waals surface area contributed by atoms with Gasteiger partial charge in [-0.25, -0.2) is 0 Å². The Labute approximate surface area is 99.0 Å². The molecule has 0 bridgehead atoms. The first kappa shape index (κ1) is 15.4. The van der Waals surface area contributed by atoms with Gasteiger partial charge in [0.25, 0.3) is 0 Å². The van der Waals surface area contributed by atoms with Crippen molar-refractivity contribution in [2.45, 2.75) is 45.1 Å². The normalized spacial score (nSPS) is 11.6.